The van der Waals surface area contributed by atoms with Crippen molar-refractivity contribution in [1.29, 1.82) is 0 Å². The highest BCUT2D eigenvalue weighted by Crippen LogP contribution is 2.45. The smallest absolute Gasteiger partial charge is 0.331 e. The number of amides is 1. The molecule has 12 nitrogen and oxygen atoms in total. The van der Waals surface area contributed by atoms with Crippen molar-refractivity contribution in [2.45, 2.75) is 54.8 Å². The van der Waals surface area contributed by atoms with Crippen molar-refractivity contribution in [3.05, 3.63) is 34.9 Å². The average molecular weight is 479 g/mol. The van der Waals surface area contributed by atoms with Crippen molar-refractivity contribution in [3.8, 4) is 0 Å². The molecular formula is C20H23F2N7O5. The van der Waals surface area contributed by atoms with E-state index in [2.05, 4.69) is 20.6 Å². The molecule has 14 heteroatoms. The second-order valence-electron chi connectivity index (χ2n) is 8.87. The third-order valence-corrected chi connectivity index (χ3v) is 7.00. The number of carboxylic acid groups (broad SMARTS) is 1. The number of guanidine groups is 2. The summed E-state index contributed by atoms with van der Waals surface area (Å²) in [5.41, 5.74) is 9.65. The molecule has 1 fully saturated rings. The first-order chi connectivity index (χ1) is 15.9. The number of benzene rings is 1. The highest BCUT2D eigenvalue weighted by Gasteiger charge is 2.74. The summed E-state index contributed by atoms with van der Waals surface area (Å²) < 4.78 is 28.7. The zero-order valence-electron chi connectivity index (χ0n) is 17.7. The van der Waals surface area contributed by atoms with Gasteiger partial charge in [-0.1, -0.05) is 12.1 Å². The summed E-state index contributed by atoms with van der Waals surface area (Å²) in [4.78, 5) is 34.0. The molecule has 4 aliphatic rings. The minimum absolute atomic E-state index is 0.00760. The number of carboxylic acids is 1. The molecule has 0 bridgehead atoms. The number of nitrogens with zero attached hydrogens (tertiary/aromatic N) is 3. The standard InChI is InChI=1S/C20H23F2N7O5/c21-18(22)6-2-4-8-9(3-1-5-10(8)18)14(30)25-11-7-29-17(24)26-12(15(31)32)13-19(29,20(11,33)34)28-16(23)27-13/h1,3,5,11-13,33-34H,2,4,6-7H2,(H2,24,26)(H,25,30)(H,31,32)(H3,23,27,28)/t11?,12?,13?,19-/m0/s1. The monoisotopic (exact) mass is 479 g/mol. The van der Waals surface area contributed by atoms with E-state index in [-0.39, 0.29) is 54.4 Å². The number of alkyl halides is 2. The van der Waals surface area contributed by atoms with E-state index < -0.39 is 47.4 Å². The lowest BCUT2D eigenvalue weighted by Crippen LogP contribution is -2.78. The van der Waals surface area contributed by atoms with Crippen molar-refractivity contribution >= 4 is 23.8 Å². The van der Waals surface area contributed by atoms with Gasteiger partial charge in [0.1, 0.15) is 12.1 Å². The van der Waals surface area contributed by atoms with E-state index in [9.17, 15) is 33.7 Å². The molecule has 3 aliphatic heterocycles. The molecule has 0 aromatic heterocycles. The number of carbonyl (C=O) groups excluding carboxylic acids is 1. The van der Waals surface area contributed by atoms with Gasteiger partial charge in [-0.2, -0.15) is 0 Å². The first kappa shape index (κ1) is 22.3. The van der Waals surface area contributed by atoms with Crippen molar-refractivity contribution < 1.29 is 33.7 Å². The lowest BCUT2D eigenvalue weighted by molar-refractivity contribution is -0.230. The molecule has 0 saturated carbocycles. The van der Waals surface area contributed by atoms with Crippen molar-refractivity contribution in [2.24, 2.45) is 21.5 Å². The summed E-state index contributed by atoms with van der Waals surface area (Å²) in [6, 6.07) is -0.365. The minimum atomic E-state index is -3.07. The van der Waals surface area contributed by atoms with Crippen LogP contribution in [-0.2, 0) is 17.1 Å². The Balaban J connectivity index is 1.50. The number of rotatable bonds is 3. The fraction of sp³-hybridized carbons (Fsp3) is 0.500. The van der Waals surface area contributed by atoms with Crippen LogP contribution in [-0.4, -0.2) is 80.1 Å². The summed E-state index contributed by atoms with van der Waals surface area (Å²) in [5, 5.41) is 37.2. The van der Waals surface area contributed by atoms with E-state index in [1.165, 1.54) is 23.1 Å². The molecule has 182 valence electrons. The van der Waals surface area contributed by atoms with E-state index in [0.29, 0.717) is 0 Å². The van der Waals surface area contributed by atoms with Gasteiger partial charge in [-0.25, -0.2) is 23.6 Å². The molecule has 9 N–H and O–H groups in total. The quantitative estimate of drug-likeness (QED) is 0.239. The van der Waals surface area contributed by atoms with Crippen LogP contribution in [0, 0.1) is 0 Å². The third-order valence-electron chi connectivity index (χ3n) is 7.00. The van der Waals surface area contributed by atoms with Gasteiger partial charge in [0.2, 0.25) is 5.79 Å². The fourth-order valence-electron chi connectivity index (χ4n) is 5.46. The molecule has 1 aliphatic carbocycles. The van der Waals surface area contributed by atoms with E-state index in [1.807, 2.05) is 0 Å². The zero-order chi connectivity index (χ0) is 24.6. The van der Waals surface area contributed by atoms with E-state index in [0.717, 1.165) is 0 Å². The largest absolute Gasteiger partial charge is 0.480 e. The van der Waals surface area contributed by atoms with Crippen LogP contribution >= 0.6 is 0 Å². The van der Waals surface area contributed by atoms with Gasteiger partial charge < -0.3 is 42.3 Å². The minimum Gasteiger partial charge on any atom is -0.480 e. The number of hydrogen-bond donors (Lipinski definition) is 7. The van der Waals surface area contributed by atoms with E-state index in [1.54, 1.807) is 0 Å². The number of nitrogens with one attached hydrogen (secondary N) is 2. The maximum absolute atomic E-state index is 14.4. The van der Waals surface area contributed by atoms with Gasteiger partial charge in [-0.05, 0) is 24.5 Å². The number of nitrogens with two attached hydrogens (primary N) is 2. The van der Waals surface area contributed by atoms with Gasteiger partial charge >= 0.3 is 5.97 Å². The molecule has 3 heterocycles. The Hall–Kier alpha value is -3.52. The number of aliphatic imine (C=N–C) groups is 2. The third kappa shape index (κ3) is 2.81. The van der Waals surface area contributed by atoms with Gasteiger partial charge in [0, 0.05) is 24.1 Å². The number of halogens is 2. The van der Waals surface area contributed by atoms with Crippen LogP contribution < -0.4 is 22.1 Å². The van der Waals surface area contributed by atoms with Crippen LogP contribution in [0.25, 0.3) is 0 Å². The van der Waals surface area contributed by atoms with Crippen molar-refractivity contribution in [2.75, 3.05) is 6.54 Å². The SMILES string of the molecule is NC1=NC2C(C(=O)O)N=C(N)N3CC(NC(=O)c4cccc5c4CCCC5(F)F)C(O)(O)[C@]23N1. The molecular weight excluding hydrogens is 456 g/mol. The Kier molecular flexibility index (Phi) is 4.58. The molecule has 0 radical (unpaired) electrons. The Morgan fingerprint density at radius 2 is 1.97 bits per heavy atom. The number of aliphatic carboxylic acids is 1. The maximum Gasteiger partial charge on any atom is 0.331 e. The van der Waals surface area contributed by atoms with Gasteiger partial charge in [0.05, 0.1) is 0 Å². The molecule has 1 amide bonds. The van der Waals surface area contributed by atoms with Crippen LogP contribution in [0.5, 0.6) is 0 Å². The second kappa shape index (κ2) is 6.99. The summed E-state index contributed by atoms with van der Waals surface area (Å²) in [6.07, 6.45) is 0.145. The lowest BCUT2D eigenvalue weighted by atomic mass is 9.84. The highest BCUT2D eigenvalue weighted by atomic mass is 19.3. The number of carbonyl (C=O) groups is 2. The zero-order valence-corrected chi connectivity index (χ0v) is 17.7. The van der Waals surface area contributed by atoms with Crippen LogP contribution in [0.3, 0.4) is 0 Å². The molecule has 5 rings (SSSR count). The van der Waals surface area contributed by atoms with Gasteiger partial charge in [0.25, 0.3) is 11.8 Å². The number of fused-ring (bicyclic) bond motifs is 1. The van der Waals surface area contributed by atoms with Gasteiger partial charge in [0.15, 0.2) is 23.6 Å². The average Bonchev–Trinajstić information content (AvgIpc) is 3.22. The van der Waals surface area contributed by atoms with E-state index in [4.69, 9.17) is 11.5 Å². The fourth-order valence-corrected chi connectivity index (χ4v) is 5.46. The Bertz CT molecular complexity index is 1160. The summed E-state index contributed by atoms with van der Waals surface area (Å²) in [6.45, 7) is -0.294. The van der Waals surface area contributed by atoms with Gasteiger partial charge in [-0.15, -0.1) is 0 Å². The maximum atomic E-state index is 14.4. The summed E-state index contributed by atoms with van der Waals surface area (Å²) in [5.74, 6) is -8.68. The normalized spacial score (nSPS) is 32.5. The molecule has 1 saturated heterocycles. The Morgan fingerprint density at radius 3 is 2.68 bits per heavy atom. The predicted molar refractivity (Wildman–Crippen MR) is 113 cm³/mol. The first-order valence-corrected chi connectivity index (χ1v) is 10.6. The number of aliphatic hydroxyl groups is 2. The molecule has 1 aromatic carbocycles. The molecule has 34 heavy (non-hydrogen) atoms. The molecule has 3 unspecified atom stereocenters. The number of hydrogen-bond acceptors (Lipinski definition) is 10. The van der Waals surface area contributed by atoms with Crippen LogP contribution in [0.1, 0.15) is 34.3 Å². The molecule has 4 atom stereocenters. The van der Waals surface area contributed by atoms with E-state index >= 15 is 0 Å². The van der Waals surface area contributed by atoms with Crippen molar-refractivity contribution in [3.63, 3.8) is 0 Å². The first-order valence-electron chi connectivity index (χ1n) is 10.6. The highest BCUT2D eigenvalue weighted by molar-refractivity contribution is 5.97. The molecule has 1 aromatic rings. The second-order valence-corrected chi connectivity index (χ2v) is 8.87. The van der Waals surface area contributed by atoms with Crippen LogP contribution in [0.15, 0.2) is 28.2 Å². The Morgan fingerprint density at radius 1 is 1.24 bits per heavy atom. The Labute approximate surface area is 191 Å². The van der Waals surface area contributed by atoms with Gasteiger partial charge in [-0.3, -0.25) is 4.79 Å². The van der Waals surface area contributed by atoms with Crippen molar-refractivity contribution in [1.82, 2.24) is 15.5 Å². The van der Waals surface area contributed by atoms with Crippen LogP contribution in [0.2, 0.25) is 0 Å². The summed E-state index contributed by atoms with van der Waals surface area (Å²) in [7, 11) is 0. The topological polar surface area (TPSA) is 199 Å². The predicted octanol–water partition coefficient (Wildman–Crippen LogP) is -2.03. The molecule has 1 spiro atoms. The lowest BCUT2D eigenvalue weighted by Gasteiger charge is -2.48. The summed E-state index contributed by atoms with van der Waals surface area (Å²) >= 11 is 0. The van der Waals surface area contributed by atoms with Crippen LogP contribution in [0.4, 0.5) is 8.78 Å².